The highest BCUT2D eigenvalue weighted by atomic mass is 16.1. The van der Waals surface area contributed by atoms with Gasteiger partial charge in [-0.25, -0.2) is 14.5 Å². The topological polar surface area (TPSA) is 98.2 Å². The van der Waals surface area contributed by atoms with Crippen molar-refractivity contribution in [3.05, 3.63) is 53.6 Å². The fraction of sp³-hybridized carbons (Fsp3) is 0.250. The predicted molar refractivity (Wildman–Crippen MR) is 86.9 cm³/mol. The Morgan fingerprint density at radius 3 is 2.96 bits per heavy atom. The van der Waals surface area contributed by atoms with Crippen molar-refractivity contribution < 1.29 is 4.79 Å². The lowest BCUT2D eigenvalue weighted by Gasteiger charge is -2.09. The smallest absolute Gasteiger partial charge is 0.270 e. The van der Waals surface area contributed by atoms with E-state index in [9.17, 15) is 4.79 Å². The fourth-order valence-electron chi connectivity index (χ4n) is 2.33. The highest BCUT2D eigenvalue weighted by Crippen LogP contribution is 2.14. The summed E-state index contributed by atoms with van der Waals surface area (Å²) in [6, 6.07) is 7.42. The Labute approximate surface area is 133 Å². The summed E-state index contributed by atoms with van der Waals surface area (Å²) >= 11 is 0. The van der Waals surface area contributed by atoms with Crippen LogP contribution in [0.5, 0.6) is 0 Å². The van der Waals surface area contributed by atoms with Crippen LogP contribution >= 0.6 is 0 Å². The van der Waals surface area contributed by atoms with Gasteiger partial charge in [0.25, 0.3) is 5.91 Å². The first-order valence-electron chi connectivity index (χ1n) is 7.38. The Morgan fingerprint density at radius 2 is 2.17 bits per heavy atom. The molecule has 0 fully saturated rings. The largest absolute Gasteiger partial charge is 0.368 e. The van der Waals surface area contributed by atoms with Gasteiger partial charge in [0, 0.05) is 24.6 Å². The molecule has 0 radical (unpaired) electrons. The van der Waals surface area contributed by atoms with E-state index in [4.69, 9.17) is 5.73 Å². The quantitative estimate of drug-likeness (QED) is 0.765. The summed E-state index contributed by atoms with van der Waals surface area (Å²) in [5.74, 6) is 0.00847. The van der Waals surface area contributed by atoms with Crippen LogP contribution in [0.3, 0.4) is 0 Å². The average Bonchev–Trinajstić information content (AvgIpc) is 3.01. The van der Waals surface area contributed by atoms with E-state index in [2.05, 4.69) is 20.4 Å². The molecule has 7 nitrogen and oxygen atoms in total. The van der Waals surface area contributed by atoms with Crippen LogP contribution in [-0.2, 0) is 6.54 Å². The third kappa shape index (κ3) is 3.13. The number of nitrogens with zero attached hydrogens (tertiary/aromatic N) is 4. The second kappa shape index (κ2) is 6.04. The highest BCUT2D eigenvalue weighted by molar-refractivity contribution is 5.92. The first-order valence-corrected chi connectivity index (χ1v) is 7.38. The van der Waals surface area contributed by atoms with E-state index in [1.807, 2.05) is 38.2 Å². The Balaban J connectivity index is 1.78. The van der Waals surface area contributed by atoms with E-state index < -0.39 is 0 Å². The standard InChI is InChI=1S/C16H18N6O/c1-10(2)12-8-13(21-16(17)20-12)15(23)18-9-11-4-3-7-22-14(11)5-6-19-22/h3-8,10H,9H2,1-2H3,(H,18,23)(H2,17,20,21). The van der Waals surface area contributed by atoms with Crippen molar-refractivity contribution in [3.8, 4) is 0 Å². The molecule has 0 aliphatic heterocycles. The molecule has 0 aliphatic carbocycles. The summed E-state index contributed by atoms with van der Waals surface area (Å²) in [6.07, 6.45) is 3.58. The molecule has 118 valence electrons. The molecule has 23 heavy (non-hydrogen) atoms. The van der Waals surface area contributed by atoms with Crippen LogP contribution in [0.25, 0.3) is 5.52 Å². The lowest BCUT2D eigenvalue weighted by Crippen LogP contribution is -2.25. The minimum absolute atomic E-state index is 0.110. The first kappa shape index (κ1) is 15.0. The maximum Gasteiger partial charge on any atom is 0.270 e. The lowest BCUT2D eigenvalue weighted by atomic mass is 10.1. The van der Waals surface area contributed by atoms with E-state index in [1.165, 1.54) is 0 Å². The second-order valence-electron chi connectivity index (χ2n) is 5.57. The zero-order valence-electron chi connectivity index (χ0n) is 13.0. The van der Waals surface area contributed by atoms with E-state index in [-0.39, 0.29) is 23.5 Å². The van der Waals surface area contributed by atoms with Crippen molar-refractivity contribution >= 4 is 17.4 Å². The van der Waals surface area contributed by atoms with Crippen LogP contribution in [0.15, 0.2) is 36.7 Å². The summed E-state index contributed by atoms with van der Waals surface area (Å²) < 4.78 is 1.76. The van der Waals surface area contributed by atoms with Gasteiger partial charge in [-0.15, -0.1) is 0 Å². The third-order valence-electron chi connectivity index (χ3n) is 3.55. The third-order valence-corrected chi connectivity index (χ3v) is 3.55. The zero-order chi connectivity index (χ0) is 16.4. The lowest BCUT2D eigenvalue weighted by molar-refractivity contribution is 0.0946. The predicted octanol–water partition coefficient (Wildman–Crippen LogP) is 1.76. The number of carbonyl (C=O) groups excluding carboxylic acids is 1. The van der Waals surface area contributed by atoms with Crippen molar-refractivity contribution in [2.75, 3.05) is 5.73 Å². The molecule has 1 amide bonds. The van der Waals surface area contributed by atoms with Crippen LogP contribution < -0.4 is 11.1 Å². The molecular weight excluding hydrogens is 292 g/mol. The maximum atomic E-state index is 12.3. The number of nitrogens with one attached hydrogen (secondary N) is 1. The molecule has 0 atom stereocenters. The van der Waals surface area contributed by atoms with Gasteiger partial charge < -0.3 is 11.1 Å². The summed E-state index contributed by atoms with van der Waals surface area (Å²) in [5, 5.41) is 7.04. The number of pyridine rings is 1. The Morgan fingerprint density at radius 1 is 1.35 bits per heavy atom. The van der Waals surface area contributed by atoms with Crippen LogP contribution in [-0.4, -0.2) is 25.5 Å². The molecule has 0 bridgehead atoms. The number of aromatic nitrogens is 4. The van der Waals surface area contributed by atoms with Gasteiger partial charge in [-0.2, -0.15) is 5.10 Å². The first-order chi connectivity index (χ1) is 11.0. The van der Waals surface area contributed by atoms with Gasteiger partial charge in [0.15, 0.2) is 0 Å². The van der Waals surface area contributed by atoms with Gasteiger partial charge in [-0.3, -0.25) is 4.79 Å². The SMILES string of the molecule is CC(C)c1cc(C(=O)NCc2cccn3nccc23)nc(N)n1. The number of fused-ring (bicyclic) bond motifs is 1. The van der Waals surface area contributed by atoms with Gasteiger partial charge in [-0.1, -0.05) is 19.9 Å². The van der Waals surface area contributed by atoms with E-state index in [0.717, 1.165) is 16.8 Å². The minimum atomic E-state index is -0.275. The second-order valence-corrected chi connectivity index (χ2v) is 5.57. The summed E-state index contributed by atoms with van der Waals surface area (Å²) in [6.45, 7) is 4.36. The molecule has 0 unspecified atom stereocenters. The Bertz CT molecular complexity index is 855. The van der Waals surface area contributed by atoms with E-state index >= 15 is 0 Å². The monoisotopic (exact) mass is 310 g/mol. The molecule has 0 aromatic carbocycles. The number of hydrogen-bond donors (Lipinski definition) is 2. The molecule has 3 aromatic rings. The van der Waals surface area contributed by atoms with Gasteiger partial charge in [0.1, 0.15) is 5.69 Å². The summed E-state index contributed by atoms with van der Waals surface area (Å²) in [5.41, 5.74) is 8.65. The van der Waals surface area contributed by atoms with Crippen molar-refractivity contribution in [2.45, 2.75) is 26.3 Å². The molecule has 0 spiro atoms. The van der Waals surface area contributed by atoms with Gasteiger partial charge in [-0.05, 0) is 29.7 Å². The van der Waals surface area contributed by atoms with Crippen LogP contribution in [0.4, 0.5) is 5.95 Å². The molecule has 7 heteroatoms. The van der Waals surface area contributed by atoms with Crippen molar-refractivity contribution in [3.63, 3.8) is 0 Å². The number of carbonyl (C=O) groups is 1. The molecule has 3 heterocycles. The number of rotatable bonds is 4. The molecule has 3 N–H and O–H groups in total. The van der Waals surface area contributed by atoms with Gasteiger partial charge >= 0.3 is 0 Å². The molecular formula is C16H18N6O. The number of amides is 1. The van der Waals surface area contributed by atoms with Gasteiger partial charge in [0.2, 0.25) is 5.95 Å². The van der Waals surface area contributed by atoms with Crippen molar-refractivity contribution in [2.24, 2.45) is 0 Å². The Kier molecular flexibility index (Phi) is 3.92. The van der Waals surface area contributed by atoms with Crippen LogP contribution in [0, 0.1) is 0 Å². The number of anilines is 1. The zero-order valence-corrected chi connectivity index (χ0v) is 13.0. The van der Waals surface area contributed by atoms with E-state index in [1.54, 1.807) is 16.8 Å². The molecule has 0 aliphatic rings. The molecule has 0 saturated heterocycles. The Hall–Kier alpha value is -2.96. The minimum Gasteiger partial charge on any atom is -0.368 e. The average molecular weight is 310 g/mol. The van der Waals surface area contributed by atoms with E-state index in [0.29, 0.717) is 6.54 Å². The van der Waals surface area contributed by atoms with Crippen molar-refractivity contribution in [1.82, 2.24) is 24.9 Å². The fourth-order valence-corrected chi connectivity index (χ4v) is 2.33. The van der Waals surface area contributed by atoms with Crippen molar-refractivity contribution in [1.29, 1.82) is 0 Å². The molecule has 3 aromatic heterocycles. The van der Waals surface area contributed by atoms with Gasteiger partial charge in [0.05, 0.1) is 5.52 Å². The summed E-state index contributed by atoms with van der Waals surface area (Å²) in [7, 11) is 0. The highest BCUT2D eigenvalue weighted by Gasteiger charge is 2.13. The van der Waals surface area contributed by atoms with Crippen LogP contribution in [0.1, 0.15) is 41.5 Å². The maximum absolute atomic E-state index is 12.3. The van der Waals surface area contributed by atoms with Crippen LogP contribution in [0.2, 0.25) is 0 Å². The summed E-state index contributed by atoms with van der Waals surface area (Å²) in [4.78, 5) is 20.5. The number of nitrogens with two attached hydrogens (primary N) is 1. The molecule has 3 rings (SSSR count). The number of nitrogen functional groups attached to an aromatic ring is 1. The normalized spacial score (nSPS) is 11.1. The number of hydrogen-bond acceptors (Lipinski definition) is 5. The molecule has 0 saturated carbocycles.